The zero-order valence-corrected chi connectivity index (χ0v) is 16.0. The molecule has 0 aliphatic carbocycles. The highest BCUT2D eigenvalue weighted by molar-refractivity contribution is 5.99. The van der Waals surface area contributed by atoms with Crippen LogP contribution in [0.15, 0.2) is 60.9 Å². The van der Waals surface area contributed by atoms with Crippen molar-refractivity contribution in [3.05, 3.63) is 78.1 Å². The van der Waals surface area contributed by atoms with Gasteiger partial charge >= 0.3 is 0 Å². The smallest absolute Gasteiger partial charge is 0.247 e. The average molecular weight is 392 g/mol. The van der Waals surface area contributed by atoms with Crippen molar-refractivity contribution >= 4 is 17.5 Å². The molecule has 1 fully saturated rings. The molecule has 7 heteroatoms. The highest BCUT2D eigenvalue weighted by Gasteiger charge is 2.36. The molecule has 0 spiro atoms. The molecule has 4 rings (SSSR count). The number of aromatic nitrogens is 2. The van der Waals surface area contributed by atoms with Crippen LogP contribution in [-0.2, 0) is 16.1 Å². The summed E-state index contributed by atoms with van der Waals surface area (Å²) in [6.07, 6.45) is 4.30. The lowest BCUT2D eigenvalue weighted by Gasteiger charge is -2.24. The van der Waals surface area contributed by atoms with E-state index in [9.17, 15) is 14.0 Å². The summed E-state index contributed by atoms with van der Waals surface area (Å²) in [5, 5.41) is 2.87. The van der Waals surface area contributed by atoms with Gasteiger partial charge in [-0.25, -0.2) is 9.37 Å². The number of rotatable bonds is 5. The van der Waals surface area contributed by atoms with E-state index < -0.39 is 6.04 Å². The fourth-order valence-electron chi connectivity index (χ4n) is 3.60. The van der Waals surface area contributed by atoms with Crippen LogP contribution in [0.1, 0.15) is 24.2 Å². The SMILES string of the molecule is Cc1nccn1-c1ccc(NC(=O)C2CCC(=O)N2Cc2ccccc2F)cc1. The van der Waals surface area contributed by atoms with Crippen molar-refractivity contribution in [2.45, 2.75) is 32.4 Å². The molecule has 0 saturated carbocycles. The Labute approximate surface area is 168 Å². The number of hydrogen-bond donors (Lipinski definition) is 1. The monoisotopic (exact) mass is 392 g/mol. The van der Waals surface area contributed by atoms with E-state index in [1.165, 1.54) is 11.0 Å². The molecule has 1 aliphatic rings. The maximum Gasteiger partial charge on any atom is 0.247 e. The Balaban J connectivity index is 1.46. The zero-order chi connectivity index (χ0) is 20.4. The summed E-state index contributed by atoms with van der Waals surface area (Å²) in [5.74, 6) is 0.0878. The van der Waals surface area contributed by atoms with Gasteiger partial charge in [-0.1, -0.05) is 18.2 Å². The number of anilines is 1. The van der Waals surface area contributed by atoms with Gasteiger partial charge in [0.25, 0.3) is 0 Å². The number of halogens is 1. The van der Waals surface area contributed by atoms with Gasteiger partial charge in [-0.3, -0.25) is 9.59 Å². The summed E-state index contributed by atoms with van der Waals surface area (Å²) in [7, 11) is 0. The Bertz CT molecular complexity index is 1040. The van der Waals surface area contributed by atoms with Crippen LogP contribution >= 0.6 is 0 Å². The van der Waals surface area contributed by atoms with Crippen LogP contribution in [0, 0.1) is 12.7 Å². The molecule has 0 bridgehead atoms. The number of imidazole rings is 1. The molecule has 29 heavy (non-hydrogen) atoms. The van der Waals surface area contributed by atoms with Crippen LogP contribution in [0.3, 0.4) is 0 Å². The number of amides is 2. The van der Waals surface area contributed by atoms with Crippen molar-refractivity contribution < 1.29 is 14.0 Å². The third kappa shape index (κ3) is 3.89. The fourth-order valence-corrected chi connectivity index (χ4v) is 3.60. The number of nitrogens with zero attached hydrogens (tertiary/aromatic N) is 3. The van der Waals surface area contributed by atoms with Crippen molar-refractivity contribution in [3.8, 4) is 5.69 Å². The molecule has 148 valence electrons. The van der Waals surface area contributed by atoms with E-state index in [1.807, 2.05) is 42.0 Å². The Morgan fingerprint density at radius 2 is 1.97 bits per heavy atom. The number of hydrogen-bond acceptors (Lipinski definition) is 3. The lowest BCUT2D eigenvalue weighted by Crippen LogP contribution is -2.41. The van der Waals surface area contributed by atoms with E-state index in [0.29, 0.717) is 17.7 Å². The summed E-state index contributed by atoms with van der Waals surface area (Å²) in [6, 6.07) is 13.1. The summed E-state index contributed by atoms with van der Waals surface area (Å²) < 4.78 is 15.9. The number of benzene rings is 2. The first kappa shape index (κ1) is 18.9. The molecule has 1 unspecified atom stereocenters. The molecule has 6 nitrogen and oxygen atoms in total. The van der Waals surface area contributed by atoms with Crippen LogP contribution in [0.2, 0.25) is 0 Å². The normalized spacial score (nSPS) is 16.3. The van der Waals surface area contributed by atoms with Gasteiger partial charge in [0.15, 0.2) is 0 Å². The molecule has 2 amide bonds. The minimum Gasteiger partial charge on any atom is -0.326 e. The first-order valence-electron chi connectivity index (χ1n) is 9.47. The van der Waals surface area contributed by atoms with Gasteiger partial charge in [0.05, 0.1) is 0 Å². The molecule has 1 aromatic heterocycles. The first-order valence-corrected chi connectivity index (χ1v) is 9.47. The number of nitrogens with one attached hydrogen (secondary N) is 1. The molecular weight excluding hydrogens is 371 g/mol. The van der Waals surface area contributed by atoms with Gasteiger partial charge in [0, 0.05) is 42.3 Å². The van der Waals surface area contributed by atoms with E-state index in [2.05, 4.69) is 10.3 Å². The number of carbonyl (C=O) groups excluding carboxylic acids is 2. The van der Waals surface area contributed by atoms with Gasteiger partial charge in [-0.15, -0.1) is 0 Å². The van der Waals surface area contributed by atoms with Crippen molar-refractivity contribution in [2.24, 2.45) is 0 Å². The Morgan fingerprint density at radius 1 is 1.21 bits per heavy atom. The summed E-state index contributed by atoms with van der Waals surface area (Å²) >= 11 is 0. The lowest BCUT2D eigenvalue weighted by molar-refractivity contribution is -0.133. The molecule has 1 atom stereocenters. The summed E-state index contributed by atoms with van der Waals surface area (Å²) in [6.45, 7) is 2.00. The highest BCUT2D eigenvalue weighted by Crippen LogP contribution is 2.24. The predicted molar refractivity (Wildman–Crippen MR) is 107 cm³/mol. The van der Waals surface area contributed by atoms with E-state index in [1.54, 1.807) is 24.4 Å². The van der Waals surface area contributed by atoms with Crippen LogP contribution in [-0.4, -0.2) is 32.3 Å². The van der Waals surface area contributed by atoms with E-state index in [0.717, 1.165) is 11.5 Å². The fraction of sp³-hybridized carbons (Fsp3) is 0.227. The second-order valence-electron chi connectivity index (χ2n) is 7.05. The standard InChI is InChI=1S/C22H21FN4O2/c1-15-24-12-13-26(15)18-8-6-17(7-9-18)25-22(29)20-10-11-21(28)27(20)14-16-4-2-3-5-19(16)23/h2-9,12-13,20H,10-11,14H2,1H3,(H,25,29). The lowest BCUT2D eigenvalue weighted by atomic mass is 10.1. The highest BCUT2D eigenvalue weighted by atomic mass is 19.1. The van der Waals surface area contributed by atoms with Gasteiger partial charge in [-0.2, -0.15) is 0 Å². The molecule has 1 aliphatic heterocycles. The second-order valence-corrected chi connectivity index (χ2v) is 7.05. The van der Waals surface area contributed by atoms with Gasteiger partial charge in [0.2, 0.25) is 11.8 Å². The van der Waals surface area contributed by atoms with Crippen molar-refractivity contribution in [3.63, 3.8) is 0 Å². The predicted octanol–water partition coefficient (Wildman–Crippen LogP) is 3.45. The molecule has 1 N–H and O–H groups in total. The average Bonchev–Trinajstić information content (AvgIpc) is 3.30. The third-order valence-corrected chi connectivity index (χ3v) is 5.17. The van der Waals surface area contributed by atoms with Crippen LogP contribution in [0.4, 0.5) is 10.1 Å². The van der Waals surface area contributed by atoms with Crippen LogP contribution in [0.25, 0.3) is 5.69 Å². The van der Waals surface area contributed by atoms with E-state index >= 15 is 0 Å². The van der Waals surface area contributed by atoms with Gasteiger partial charge in [-0.05, 0) is 43.7 Å². The molecule has 1 saturated heterocycles. The molecule has 3 aromatic rings. The third-order valence-electron chi connectivity index (χ3n) is 5.17. The minimum atomic E-state index is -0.613. The Morgan fingerprint density at radius 3 is 2.66 bits per heavy atom. The van der Waals surface area contributed by atoms with Crippen molar-refractivity contribution in [1.29, 1.82) is 0 Å². The first-order chi connectivity index (χ1) is 14.0. The number of carbonyl (C=O) groups is 2. The molecule has 0 radical (unpaired) electrons. The largest absolute Gasteiger partial charge is 0.326 e. The number of likely N-dealkylation sites (tertiary alicyclic amines) is 1. The van der Waals surface area contributed by atoms with E-state index in [4.69, 9.17) is 0 Å². The topological polar surface area (TPSA) is 67.2 Å². The molecular formula is C22H21FN4O2. The molecule has 2 aromatic carbocycles. The van der Waals surface area contributed by atoms with Crippen molar-refractivity contribution in [2.75, 3.05) is 5.32 Å². The quantitative estimate of drug-likeness (QED) is 0.723. The summed E-state index contributed by atoms with van der Waals surface area (Å²) in [4.78, 5) is 30.7. The van der Waals surface area contributed by atoms with Crippen LogP contribution in [0.5, 0.6) is 0 Å². The second kappa shape index (κ2) is 7.87. The Hall–Kier alpha value is -3.48. The summed E-state index contributed by atoms with van der Waals surface area (Å²) in [5.41, 5.74) is 1.98. The van der Waals surface area contributed by atoms with Gasteiger partial charge in [0.1, 0.15) is 17.7 Å². The maximum atomic E-state index is 14.0. The zero-order valence-electron chi connectivity index (χ0n) is 16.0. The van der Waals surface area contributed by atoms with Crippen LogP contribution < -0.4 is 5.32 Å². The van der Waals surface area contributed by atoms with E-state index in [-0.39, 0.29) is 30.6 Å². The Kier molecular flexibility index (Phi) is 5.12. The number of aryl methyl sites for hydroxylation is 1. The molecule has 2 heterocycles. The van der Waals surface area contributed by atoms with Crippen molar-refractivity contribution in [1.82, 2.24) is 14.5 Å². The maximum absolute atomic E-state index is 14.0. The van der Waals surface area contributed by atoms with Gasteiger partial charge < -0.3 is 14.8 Å². The minimum absolute atomic E-state index is 0.0858.